The van der Waals surface area contributed by atoms with Gasteiger partial charge in [0.15, 0.2) is 0 Å². The largest absolute Gasteiger partial charge is 0.273 e. The number of benzene rings is 2. The summed E-state index contributed by atoms with van der Waals surface area (Å²) in [7, 11) is 0. The standard InChI is InChI=1S/C21H18ClN3O/c1-13-7-6-10-16-11-17(21(22)23-20(13)16)19-12-18(24-25(19)14(2)26)15-8-4-3-5-9-15/h3-11,19H,12H2,1-2H3. The van der Waals surface area contributed by atoms with Crippen LogP contribution in [0.5, 0.6) is 0 Å². The average molecular weight is 364 g/mol. The number of hydrazone groups is 1. The topological polar surface area (TPSA) is 45.6 Å². The van der Waals surface area contributed by atoms with Crippen LogP contribution in [0.2, 0.25) is 5.15 Å². The van der Waals surface area contributed by atoms with Gasteiger partial charge in [-0.1, -0.05) is 60.1 Å². The lowest BCUT2D eigenvalue weighted by atomic mass is 9.98. The lowest BCUT2D eigenvalue weighted by Crippen LogP contribution is -2.24. The van der Waals surface area contributed by atoms with Crippen molar-refractivity contribution in [1.29, 1.82) is 0 Å². The zero-order valence-corrected chi connectivity index (χ0v) is 15.4. The number of fused-ring (bicyclic) bond motifs is 1. The van der Waals surface area contributed by atoms with Crippen molar-refractivity contribution in [3.05, 3.63) is 76.4 Å². The smallest absolute Gasteiger partial charge is 0.240 e. The van der Waals surface area contributed by atoms with Crippen molar-refractivity contribution in [2.45, 2.75) is 26.3 Å². The van der Waals surface area contributed by atoms with Gasteiger partial charge in [-0.3, -0.25) is 4.79 Å². The molecule has 0 fully saturated rings. The van der Waals surface area contributed by atoms with E-state index in [-0.39, 0.29) is 11.9 Å². The van der Waals surface area contributed by atoms with Crippen molar-refractivity contribution < 1.29 is 4.79 Å². The molecule has 3 aromatic rings. The van der Waals surface area contributed by atoms with Crippen LogP contribution >= 0.6 is 11.6 Å². The third-order valence-corrected chi connectivity index (χ3v) is 5.03. The van der Waals surface area contributed by atoms with E-state index >= 15 is 0 Å². The molecule has 2 aromatic carbocycles. The van der Waals surface area contributed by atoms with Gasteiger partial charge in [0.05, 0.1) is 17.3 Å². The van der Waals surface area contributed by atoms with Gasteiger partial charge in [-0.2, -0.15) is 5.10 Å². The zero-order valence-electron chi connectivity index (χ0n) is 14.6. The van der Waals surface area contributed by atoms with Crippen LogP contribution in [0.4, 0.5) is 0 Å². The number of aromatic nitrogens is 1. The highest BCUT2D eigenvalue weighted by molar-refractivity contribution is 6.30. The van der Waals surface area contributed by atoms with Gasteiger partial charge in [-0.25, -0.2) is 9.99 Å². The van der Waals surface area contributed by atoms with Crippen LogP contribution in [0.3, 0.4) is 0 Å². The maximum absolute atomic E-state index is 12.2. The Kier molecular flexibility index (Phi) is 4.21. The highest BCUT2D eigenvalue weighted by atomic mass is 35.5. The molecule has 4 rings (SSSR count). The van der Waals surface area contributed by atoms with Gasteiger partial charge in [0.2, 0.25) is 5.91 Å². The van der Waals surface area contributed by atoms with Crippen molar-refractivity contribution in [2.24, 2.45) is 5.10 Å². The molecular weight excluding hydrogens is 346 g/mol. The first-order valence-electron chi connectivity index (χ1n) is 8.53. The van der Waals surface area contributed by atoms with Gasteiger partial charge < -0.3 is 0 Å². The number of para-hydroxylation sites is 1. The molecule has 5 heteroatoms. The number of hydrogen-bond acceptors (Lipinski definition) is 3. The number of hydrogen-bond donors (Lipinski definition) is 0. The predicted octanol–water partition coefficient (Wildman–Crippen LogP) is 4.89. The lowest BCUT2D eigenvalue weighted by Gasteiger charge is -2.21. The molecular formula is C21H18ClN3O. The van der Waals surface area contributed by atoms with Crippen molar-refractivity contribution in [3.8, 4) is 0 Å². The molecule has 0 bridgehead atoms. The Balaban J connectivity index is 1.79. The maximum Gasteiger partial charge on any atom is 0.240 e. The molecule has 1 aliphatic heterocycles. The van der Waals surface area contributed by atoms with E-state index in [9.17, 15) is 4.79 Å². The Labute approximate surface area is 157 Å². The fourth-order valence-electron chi connectivity index (χ4n) is 3.42. The van der Waals surface area contributed by atoms with Crippen LogP contribution in [0.25, 0.3) is 10.9 Å². The molecule has 0 radical (unpaired) electrons. The highest BCUT2D eigenvalue weighted by Gasteiger charge is 2.33. The van der Waals surface area contributed by atoms with Gasteiger partial charge >= 0.3 is 0 Å². The Morgan fingerprint density at radius 2 is 1.92 bits per heavy atom. The summed E-state index contributed by atoms with van der Waals surface area (Å²) in [4.78, 5) is 16.8. The summed E-state index contributed by atoms with van der Waals surface area (Å²) < 4.78 is 0. The molecule has 0 aliphatic carbocycles. The van der Waals surface area contributed by atoms with Crippen LogP contribution in [-0.4, -0.2) is 21.6 Å². The summed E-state index contributed by atoms with van der Waals surface area (Å²) in [6.45, 7) is 3.54. The summed E-state index contributed by atoms with van der Waals surface area (Å²) in [5.41, 5.74) is 4.69. The van der Waals surface area contributed by atoms with E-state index in [1.54, 1.807) is 0 Å². The van der Waals surface area contributed by atoms with E-state index in [0.29, 0.717) is 11.6 Å². The summed E-state index contributed by atoms with van der Waals surface area (Å²) in [5, 5.41) is 7.53. The van der Waals surface area contributed by atoms with Crippen LogP contribution in [0.15, 0.2) is 59.7 Å². The molecule has 26 heavy (non-hydrogen) atoms. The Morgan fingerprint density at radius 3 is 2.65 bits per heavy atom. The number of halogens is 1. The number of nitrogens with zero attached hydrogens (tertiary/aromatic N) is 3. The first-order valence-corrected chi connectivity index (χ1v) is 8.91. The third-order valence-electron chi connectivity index (χ3n) is 4.73. The molecule has 0 saturated carbocycles. The quantitative estimate of drug-likeness (QED) is 0.608. The average Bonchev–Trinajstić information content (AvgIpc) is 3.08. The van der Waals surface area contributed by atoms with Crippen LogP contribution in [0.1, 0.15) is 36.1 Å². The van der Waals surface area contributed by atoms with Crippen molar-refractivity contribution in [3.63, 3.8) is 0 Å². The van der Waals surface area contributed by atoms with E-state index in [0.717, 1.165) is 33.3 Å². The van der Waals surface area contributed by atoms with E-state index in [2.05, 4.69) is 10.1 Å². The van der Waals surface area contributed by atoms with Gasteiger partial charge in [0.1, 0.15) is 5.15 Å². The molecule has 1 unspecified atom stereocenters. The lowest BCUT2D eigenvalue weighted by molar-refractivity contribution is -0.130. The van der Waals surface area contributed by atoms with E-state index in [1.165, 1.54) is 11.9 Å². The van der Waals surface area contributed by atoms with E-state index in [4.69, 9.17) is 11.6 Å². The second-order valence-corrected chi connectivity index (χ2v) is 6.87. The van der Waals surface area contributed by atoms with Gasteiger partial charge in [-0.05, 0) is 24.1 Å². The molecule has 0 spiro atoms. The zero-order chi connectivity index (χ0) is 18.3. The maximum atomic E-state index is 12.2. The van der Waals surface area contributed by atoms with Gasteiger partial charge in [0.25, 0.3) is 0 Å². The second-order valence-electron chi connectivity index (χ2n) is 6.51. The molecule has 4 nitrogen and oxygen atoms in total. The molecule has 1 aliphatic rings. The van der Waals surface area contributed by atoms with Gasteiger partial charge in [-0.15, -0.1) is 0 Å². The van der Waals surface area contributed by atoms with E-state index in [1.807, 2.05) is 61.5 Å². The number of rotatable bonds is 2. The Morgan fingerprint density at radius 1 is 1.15 bits per heavy atom. The van der Waals surface area contributed by atoms with Crippen LogP contribution < -0.4 is 0 Å². The third kappa shape index (κ3) is 2.86. The summed E-state index contributed by atoms with van der Waals surface area (Å²) in [5.74, 6) is -0.110. The van der Waals surface area contributed by atoms with Crippen molar-refractivity contribution in [2.75, 3.05) is 0 Å². The summed E-state index contributed by atoms with van der Waals surface area (Å²) >= 11 is 6.52. The molecule has 1 atom stereocenters. The number of amides is 1. The van der Waals surface area contributed by atoms with Crippen molar-refractivity contribution in [1.82, 2.24) is 9.99 Å². The van der Waals surface area contributed by atoms with E-state index < -0.39 is 0 Å². The minimum absolute atomic E-state index is 0.110. The summed E-state index contributed by atoms with van der Waals surface area (Å²) in [6, 6.07) is 17.7. The number of carbonyl (C=O) groups is 1. The number of pyridine rings is 1. The van der Waals surface area contributed by atoms with Crippen LogP contribution in [0, 0.1) is 6.92 Å². The Bertz CT molecular complexity index is 1030. The Hall–Kier alpha value is -2.72. The SMILES string of the molecule is CC(=O)N1N=C(c2ccccc2)CC1c1cc2cccc(C)c2nc1Cl. The predicted molar refractivity (Wildman–Crippen MR) is 104 cm³/mol. The fourth-order valence-corrected chi connectivity index (χ4v) is 3.69. The molecule has 0 saturated heterocycles. The molecule has 1 amide bonds. The normalized spacial score (nSPS) is 16.8. The number of aryl methyl sites for hydroxylation is 1. The molecule has 2 heterocycles. The highest BCUT2D eigenvalue weighted by Crippen LogP contribution is 2.37. The summed E-state index contributed by atoms with van der Waals surface area (Å²) in [6.07, 6.45) is 0.613. The molecule has 130 valence electrons. The minimum atomic E-state index is -0.243. The molecule has 0 N–H and O–H groups in total. The second kappa shape index (κ2) is 6.54. The minimum Gasteiger partial charge on any atom is -0.273 e. The fraction of sp³-hybridized carbons (Fsp3) is 0.190. The number of carbonyl (C=O) groups excluding carboxylic acids is 1. The first-order chi connectivity index (χ1) is 12.5. The monoisotopic (exact) mass is 363 g/mol. The molecule has 1 aromatic heterocycles. The first kappa shape index (κ1) is 16.7. The van der Waals surface area contributed by atoms with Crippen molar-refractivity contribution >= 4 is 34.1 Å². The van der Waals surface area contributed by atoms with Crippen LogP contribution in [-0.2, 0) is 4.79 Å². The van der Waals surface area contributed by atoms with Gasteiger partial charge in [0, 0.05) is 24.3 Å².